The van der Waals surface area contributed by atoms with E-state index in [0.717, 1.165) is 0 Å². The van der Waals surface area contributed by atoms with Crippen molar-refractivity contribution in [2.24, 2.45) is 0 Å². The maximum absolute atomic E-state index is 3.76. The molecule has 0 saturated heterocycles. The van der Waals surface area contributed by atoms with Crippen LogP contribution in [0.25, 0.3) is 0 Å². The summed E-state index contributed by atoms with van der Waals surface area (Å²) in [6.45, 7) is 4.25. The third-order valence-corrected chi connectivity index (χ3v) is 0.697. The molecule has 0 spiro atoms. The highest BCUT2D eigenvalue weighted by atomic mass is 14.6. The quantitative estimate of drug-likeness (QED) is 0.454. The smallest absolute Gasteiger partial charge is 0.0812 e. The molecular weight excluding hydrogens is 62.1 g/mol. The molecule has 0 radical (unpaired) electrons. The zero-order chi connectivity index (χ0) is 4.28. The van der Waals surface area contributed by atoms with E-state index in [1.165, 1.54) is 6.42 Å². The molecule has 0 saturated carbocycles. The molecular formula is C4H12N+. The van der Waals surface area contributed by atoms with E-state index in [-0.39, 0.29) is 0 Å². The SMILES string of the molecule is CC[C@H](C)[NH3+]. The monoisotopic (exact) mass is 74.1 g/mol. The molecule has 0 aromatic rings. The van der Waals surface area contributed by atoms with E-state index in [1.807, 2.05) is 0 Å². The van der Waals surface area contributed by atoms with Gasteiger partial charge < -0.3 is 5.73 Å². The number of hydrogen-bond donors (Lipinski definition) is 1. The molecule has 0 aromatic heterocycles. The molecule has 0 aliphatic rings. The van der Waals surface area contributed by atoms with E-state index in [0.29, 0.717) is 6.04 Å². The first-order valence-electron chi connectivity index (χ1n) is 2.10. The molecule has 0 amide bonds. The van der Waals surface area contributed by atoms with Crippen LogP contribution < -0.4 is 5.73 Å². The van der Waals surface area contributed by atoms with Gasteiger partial charge in [-0.3, -0.25) is 0 Å². The Hall–Kier alpha value is -0.0400. The van der Waals surface area contributed by atoms with Crippen LogP contribution in [0, 0.1) is 0 Å². The lowest BCUT2D eigenvalue weighted by Gasteiger charge is -1.87. The van der Waals surface area contributed by atoms with Crippen LogP contribution in [0.3, 0.4) is 0 Å². The Labute approximate surface area is 33.2 Å². The van der Waals surface area contributed by atoms with Crippen molar-refractivity contribution in [1.29, 1.82) is 0 Å². The summed E-state index contributed by atoms with van der Waals surface area (Å²) in [4.78, 5) is 0. The van der Waals surface area contributed by atoms with Crippen LogP contribution in [-0.2, 0) is 0 Å². The molecule has 1 heteroatoms. The molecule has 1 nitrogen and oxygen atoms in total. The van der Waals surface area contributed by atoms with Crippen LogP contribution in [0.4, 0.5) is 0 Å². The first-order valence-corrected chi connectivity index (χ1v) is 2.10. The van der Waals surface area contributed by atoms with Crippen molar-refractivity contribution in [3.05, 3.63) is 0 Å². The van der Waals surface area contributed by atoms with Gasteiger partial charge in [-0.1, -0.05) is 6.92 Å². The van der Waals surface area contributed by atoms with Crippen LogP contribution in [0.5, 0.6) is 0 Å². The maximum Gasteiger partial charge on any atom is 0.0812 e. The third-order valence-electron chi connectivity index (χ3n) is 0.697. The van der Waals surface area contributed by atoms with E-state index >= 15 is 0 Å². The molecule has 0 unspecified atom stereocenters. The van der Waals surface area contributed by atoms with Gasteiger partial charge in [0.2, 0.25) is 0 Å². The lowest BCUT2D eigenvalue weighted by Crippen LogP contribution is -2.58. The average Bonchev–Trinajstić information content (AvgIpc) is 1.38. The summed E-state index contributed by atoms with van der Waals surface area (Å²) in [7, 11) is 0. The minimum absolute atomic E-state index is 0.634. The van der Waals surface area contributed by atoms with Crippen molar-refractivity contribution >= 4 is 0 Å². The zero-order valence-corrected chi connectivity index (χ0v) is 3.99. The van der Waals surface area contributed by atoms with Gasteiger partial charge in [-0.15, -0.1) is 0 Å². The Morgan fingerprint density at radius 1 is 1.80 bits per heavy atom. The second-order valence-corrected chi connectivity index (χ2v) is 1.51. The van der Waals surface area contributed by atoms with Crippen LogP contribution in [0.2, 0.25) is 0 Å². The first-order chi connectivity index (χ1) is 2.27. The van der Waals surface area contributed by atoms with Gasteiger partial charge in [-0.25, -0.2) is 0 Å². The van der Waals surface area contributed by atoms with Gasteiger partial charge in [0.15, 0.2) is 0 Å². The minimum Gasteiger partial charge on any atom is -0.355 e. The van der Waals surface area contributed by atoms with Crippen LogP contribution in [0.1, 0.15) is 20.3 Å². The largest absolute Gasteiger partial charge is 0.355 e. The molecule has 5 heavy (non-hydrogen) atoms. The van der Waals surface area contributed by atoms with Crippen LogP contribution in [-0.4, -0.2) is 6.04 Å². The van der Waals surface area contributed by atoms with Gasteiger partial charge >= 0.3 is 0 Å². The third kappa shape index (κ3) is 3.96. The minimum atomic E-state index is 0.634. The lowest BCUT2D eigenvalue weighted by molar-refractivity contribution is -0.414. The molecule has 32 valence electrons. The number of rotatable bonds is 1. The fourth-order valence-corrected chi connectivity index (χ4v) is 0. The molecule has 0 aliphatic heterocycles. The van der Waals surface area contributed by atoms with E-state index in [9.17, 15) is 0 Å². The summed E-state index contributed by atoms with van der Waals surface area (Å²) in [5.74, 6) is 0. The van der Waals surface area contributed by atoms with Gasteiger partial charge in [-0.2, -0.15) is 0 Å². The molecule has 0 aromatic carbocycles. The summed E-state index contributed by atoms with van der Waals surface area (Å²) >= 11 is 0. The Morgan fingerprint density at radius 2 is 2.00 bits per heavy atom. The van der Waals surface area contributed by atoms with Crippen LogP contribution in [0.15, 0.2) is 0 Å². The summed E-state index contributed by atoms with van der Waals surface area (Å²) in [6.07, 6.45) is 1.19. The average molecular weight is 74.1 g/mol. The topological polar surface area (TPSA) is 27.6 Å². The summed E-state index contributed by atoms with van der Waals surface area (Å²) < 4.78 is 0. The second-order valence-electron chi connectivity index (χ2n) is 1.51. The molecule has 0 fully saturated rings. The molecule has 0 heterocycles. The van der Waals surface area contributed by atoms with E-state index in [4.69, 9.17) is 0 Å². The molecule has 0 rings (SSSR count). The Kier molecular flexibility index (Phi) is 2.19. The van der Waals surface area contributed by atoms with Gasteiger partial charge in [0, 0.05) is 0 Å². The van der Waals surface area contributed by atoms with Crippen molar-refractivity contribution in [3.63, 3.8) is 0 Å². The van der Waals surface area contributed by atoms with E-state index in [2.05, 4.69) is 19.6 Å². The highest BCUT2D eigenvalue weighted by Crippen LogP contribution is 1.74. The van der Waals surface area contributed by atoms with E-state index in [1.54, 1.807) is 0 Å². The van der Waals surface area contributed by atoms with Crippen LogP contribution >= 0.6 is 0 Å². The molecule has 0 bridgehead atoms. The summed E-state index contributed by atoms with van der Waals surface area (Å²) in [5.41, 5.74) is 3.76. The van der Waals surface area contributed by atoms with Gasteiger partial charge in [-0.05, 0) is 13.3 Å². The predicted octanol–water partition coefficient (Wildman–Crippen LogP) is 0.0268. The molecule has 1 atom stereocenters. The highest BCUT2D eigenvalue weighted by Gasteiger charge is 1.84. The van der Waals surface area contributed by atoms with Gasteiger partial charge in [0.1, 0.15) is 0 Å². The van der Waals surface area contributed by atoms with Gasteiger partial charge in [0.25, 0.3) is 0 Å². The number of quaternary nitrogens is 1. The molecule has 3 N–H and O–H groups in total. The Bertz CT molecular complexity index is 17.6. The maximum atomic E-state index is 3.76. The van der Waals surface area contributed by atoms with Crippen molar-refractivity contribution in [2.75, 3.05) is 0 Å². The normalized spacial score (nSPS) is 15.0. The standard InChI is InChI=1S/C4H11N/c1-3-4(2)5/h4H,3,5H2,1-2H3/p+1/t4-/m0/s1. The molecule has 0 aliphatic carbocycles. The van der Waals surface area contributed by atoms with Crippen molar-refractivity contribution in [2.45, 2.75) is 26.3 Å². The predicted molar refractivity (Wildman–Crippen MR) is 22.6 cm³/mol. The highest BCUT2D eigenvalue weighted by molar-refractivity contribution is 4.31. The van der Waals surface area contributed by atoms with Crippen molar-refractivity contribution in [3.8, 4) is 0 Å². The second kappa shape index (κ2) is 2.21. The summed E-state index contributed by atoms with van der Waals surface area (Å²) in [5, 5.41) is 0. The summed E-state index contributed by atoms with van der Waals surface area (Å²) in [6, 6.07) is 0.634. The van der Waals surface area contributed by atoms with Crippen molar-refractivity contribution in [1.82, 2.24) is 0 Å². The van der Waals surface area contributed by atoms with Crippen molar-refractivity contribution < 1.29 is 5.73 Å². The fourth-order valence-electron chi connectivity index (χ4n) is 0. The lowest BCUT2D eigenvalue weighted by atomic mass is 10.3. The first kappa shape index (κ1) is 4.96. The Balaban J connectivity index is 2.54. The zero-order valence-electron chi connectivity index (χ0n) is 3.99. The van der Waals surface area contributed by atoms with Gasteiger partial charge in [0.05, 0.1) is 6.04 Å². The van der Waals surface area contributed by atoms with E-state index < -0.39 is 0 Å². The fraction of sp³-hybridized carbons (Fsp3) is 1.00. The Morgan fingerprint density at radius 3 is 2.00 bits per heavy atom. The number of hydrogen-bond acceptors (Lipinski definition) is 0.